The van der Waals surface area contributed by atoms with Gasteiger partial charge in [0.25, 0.3) is 5.91 Å². The summed E-state index contributed by atoms with van der Waals surface area (Å²) in [6.45, 7) is 1.50. The van der Waals surface area contributed by atoms with Gasteiger partial charge in [-0.2, -0.15) is 9.61 Å². The smallest absolute Gasteiger partial charge is 0.257 e. The van der Waals surface area contributed by atoms with Crippen LogP contribution in [-0.4, -0.2) is 63.0 Å². The van der Waals surface area contributed by atoms with Crippen LogP contribution < -0.4 is 16.0 Å². The SMILES string of the molecule is CNc1cc(Nc2cccc([C@H]3CCCOC3)n2)nc2c(C(=O)N[C@H]3CC[C@H]3O)cnn12. The molecule has 0 spiro atoms. The number of nitrogens with one attached hydrogen (secondary N) is 3. The molecule has 0 bridgehead atoms. The number of hydrogen-bond donors (Lipinski definition) is 4. The molecule has 0 unspecified atom stereocenters. The summed E-state index contributed by atoms with van der Waals surface area (Å²) >= 11 is 0. The average molecular weight is 438 g/mol. The van der Waals surface area contributed by atoms with E-state index in [0.29, 0.717) is 47.6 Å². The largest absolute Gasteiger partial charge is 0.391 e. The first-order valence-electron chi connectivity index (χ1n) is 11.0. The van der Waals surface area contributed by atoms with Gasteiger partial charge in [-0.3, -0.25) is 4.79 Å². The number of nitrogens with zero attached hydrogens (tertiary/aromatic N) is 4. The van der Waals surface area contributed by atoms with Crippen molar-refractivity contribution in [1.82, 2.24) is 24.9 Å². The lowest BCUT2D eigenvalue weighted by atomic mass is 9.89. The molecule has 5 rings (SSSR count). The molecule has 0 radical (unpaired) electrons. The number of rotatable bonds is 6. The van der Waals surface area contributed by atoms with Gasteiger partial charge in [0.05, 0.1) is 24.9 Å². The summed E-state index contributed by atoms with van der Waals surface area (Å²) in [7, 11) is 1.78. The Hall–Kier alpha value is -3.24. The molecule has 10 heteroatoms. The third-order valence-electron chi connectivity index (χ3n) is 6.13. The molecule has 1 aliphatic heterocycles. The van der Waals surface area contributed by atoms with Crippen molar-refractivity contribution in [2.24, 2.45) is 0 Å². The highest BCUT2D eigenvalue weighted by Crippen LogP contribution is 2.27. The quantitative estimate of drug-likeness (QED) is 0.462. The minimum Gasteiger partial charge on any atom is -0.391 e. The number of ether oxygens (including phenoxy) is 1. The van der Waals surface area contributed by atoms with Crippen molar-refractivity contribution >= 4 is 29.0 Å². The van der Waals surface area contributed by atoms with E-state index in [1.54, 1.807) is 11.6 Å². The summed E-state index contributed by atoms with van der Waals surface area (Å²) < 4.78 is 7.19. The molecule has 1 saturated heterocycles. The van der Waals surface area contributed by atoms with E-state index >= 15 is 0 Å². The number of aliphatic hydroxyl groups is 1. The lowest BCUT2D eigenvalue weighted by Gasteiger charge is -2.32. The normalized spacial score (nSPS) is 22.9. The number of pyridine rings is 1. The molecule has 1 amide bonds. The maximum atomic E-state index is 12.8. The highest BCUT2D eigenvalue weighted by Gasteiger charge is 2.31. The molecule has 3 aromatic heterocycles. The van der Waals surface area contributed by atoms with Crippen molar-refractivity contribution in [2.45, 2.75) is 43.7 Å². The van der Waals surface area contributed by atoms with Crippen molar-refractivity contribution < 1.29 is 14.6 Å². The molecule has 4 heterocycles. The van der Waals surface area contributed by atoms with Gasteiger partial charge in [-0.25, -0.2) is 9.97 Å². The van der Waals surface area contributed by atoms with Gasteiger partial charge < -0.3 is 25.8 Å². The van der Waals surface area contributed by atoms with Crippen LogP contribution in [0.25, 0.3) is 5.65 Å². The fourth-order valence-electron chi connectivity index (χ4n) is 4.12. The molecule has 1 aliphatic carbocycles. The van der Waals surface area contributed by atoms with Gasteiger partial charge in [0.15, 0.2) is 5.65 Å². The summed E-state index contributed by atoms with van der Waals surface area (Å²) in [4.78, 5) is 22.2. The Balaban J connectivity index is 1.42. The van der Waals surface area contributed by atoms with Crippen molar-refractivity contribution in [3.05, 3.63) is 41.7 Å². The first-order chi connectivity index (χ1) is 15.6. The molecule has 4 N–H and O–H groups in total. The lowest BCUT2D eigenvalue weighted by molar-refractivity contribution is 0.0448. The third kappa shape index (κ3) is 3.98. The molecule has 0 aromatic carbocycles. The van der Waals surface area contributed by atoms with Gasteiger partial charge >= 0.3 is 0 Å². The predicted octanol–water partition coefficient (Wildman–Crippen LogP) is 2.06. The molecule has 3 atom stereocenters. The molecular weight excluding hydrogens is 410 g/mol. The minimum atomic E-state index is -0.494. The van der Waals surface area contributed by atoms with E-state index in [-0.39, 0.29) is 11.9 Å². The maximum Gasteiger partial charge on any atom is 0.257 e. The molecular formula is C22H27N7O3. The minimum absolute atomic E-state index is 0.224. The van der Waals surface area contributed by atoms with Gasteiger partial charge in [0.1, 0.15) is 23.0 Å². The maximum absolute atomic E-state index is 12.8. The number of fused-ring (bicyclic) bond motifs is 1. The first-order valence-corrected chi connectivity index (χ1v) is 11.0. The van der Waals surface area contributed by atoms with Crippen molar-refractivity contribution in [2.75, 3.05) is 30.9 Å². The van der Waals surface area contributed by atoms with E-state index in [4.69, 9.17) is 9.72 Å². The number of aromatic nitrogens is 4. The van der Waals surface area contributed by atoms with E-state index in [9.17, 15) is 9.90 Å². The number of carbonyl (C=O) groups is 1. The van der Waals surface area contributed by atoms with Crippen LogP contribution in [-0.2, 0) is 4.74 Å². The van der Waals surface area contributed by atoms with Crippen molar-refractivity contribution in [3.8, 4) is 0 Å². The van der Waals surface area contributed by atoms with E-state index in [1.807, 2.05) is 24.3 Å². The van der Waals surface area contributed by atoms with Crippen LogP contribution in [0.4, 0.5) is 17.5 Å². The van der Waals surface area contributed by atoms with Gasteiger partial charge in [-0.05, 0) is 37.8 Å². The summed E-state index contributed by atoms with van der Waals surface area (Å²) in [6.07, 6.45) is 4.57. The van der Waals surface area contributed by atoms with E-state index < -0.39 is 6.10 Å². The van der Waals surface area contributed by atoms with Crippen molar-refractivity contribution in [1.29, 1.82) is 0 Å². The second-order valence-corrected chi connectivity index (χ2v) is 8.28. The molecule has 32 heavy (non-hydrogen) atoms. The van der Waals surface area contributed by atoms with Crippen LogP contribution in [0.3, 0.4) is 0 Å². The monoisotopic (exact) mass is 437 g/mol. The van der Waals surface area contributed by atoms with E-state index in [0.717, 1.165) is 31.6 Å². The Morgan fingerprint density at radius 2 is 2.12 bits per heavy atom. The van der Waals surface area contributed by atoms with Gasteiger partial charge in [0.2, 0.25) is 0 Å². The standard InChI is InChI=1S/C22H27N7O3/c1-23-20-10-19(27-18-6-2-5-15(25-18)13-4-3-9-32-12-13)28-21-14(11-24-29(20)21)22(31)26-16-7-8-17(16)30/h2,5-6,10-11,13,16-17,23,30H,3-4,7-9,12H2,1H3,(H,26,31)(H,25,27,28)/t13-,16-,17+/m0/s1. The van der Waals surface area contributed by atoms with Crippen LogP contribution in [0.2, 0.25) is 0 Å². The molecule has 168 valence electrons. The zero-order valence-electron chi connectivity index (χ0n) is 17.9. The fourth-order valence-corrected chi connectivity index (χ4v) is 4.12. The van der Waals surface area contributed by atoms with E-state index in [2.05, 4.69) is 26.0 Å². The Morgan fingerprint density at radius 1 is 1.22 bits per heavy atom. The molecule has 3 aromatic rings. The lowest BCUT2D eigenvalue weighted by Crippen LogP contribution is -2.50. The predicted molar refractivity (Wildman–Crippen MR) is 119 cm³/mol. The molecule has 2 fully saturated rings. The highest BCUT2D eigenvalue weighted by atomic mass is 16.5. The summed E-state index contributed by atoms with van der Waals surface area (Å²) in [5.41, 5.74) is 1.76. The van der Waals surface area contributed by atoms with Gasteiger partial charge in [-0.1, -0.05) is 6.07 Å². The van der Waals surface area contributed by atoms with Crippen LogP contribution in [0.5, 0.6) is 0 Å². The fraction of sp³-hybridized carbons (Fsp3) is 0.455. The average Bonchev–Trinajstić information content (AvgIpc) is 3.26. The number of anilines is 3. The Bertz CT molecular complexity index is 1130. The van der Waals surface area contributed by atoms with Gasteiger partial charge in [-0.15, -0.1) is 0 Å². The number of amides is 1. The zero-order valence-corrected chi connectivity index (χ0v) is 17.9. The Morgan fingerprint density at radius 3 is 2.84 bits per heavy atom. The van der Waals surface area contributed by atoms with Crippen LogP contribution >= 0.6 is 0 Å². The Kier molecular flexibility index (Phi) is 5.62. The van der Waals surface area contributed by atoms with Crippen LogP contribution in [0.15, 0.2) is 30.5 Å². The number of aliphatic hydroxyl groups excluding tert-OH is 1. The van der Waals surface area contributed by atoms with Crippen LogP contribution in [0, 0.1) is 0 Å². The Labute approximate surface area is 185 Å². The summed E-state index contributed by atoms with van der Waals surface area (Å²) in [6, 6.07) is 7.47. The van der Waals surface area contributed by atoms with Crippen LogP contribution in [0.1, 0.15) is 47.7 Å². The topological polar surface area (TPSA) is 126 Å². The zero-order chi connectivity index (χ0) is 22.1. The summed E-state index contributed by atoms with van der Waals surface area (Å²) in [5, 5.41) is 23.3. The summed E-state index contributed by atoms with van der Waals surface area (Å²) in [5.74, 6) is 1.89. The van der Waals surface area contributed by atoms with E-state index in [1.165, 1.54) is 6.20 Å². The molecule has 10 nitrogen and oxygen atoms in total. The number of carbonyl (C=O) groups excluding carboxylic acids is 1. The molecule has 2 aliphatic rings. The second-order valence-electron chi connectivity index (χ2n) is 8.28. The second kappa shape index (κ2) is 8.71. The van der Waals surface area contributed by atoms with Crippen molar-refractivity contribution in [3.63, 3.8) is 0 Å². The first kappa shape index (κ1) is 20.7. The highest BCUT2D eigenvalue weighted by molar-refractivity contribution is 6.00. The molecule has 1 saturated carbocycles. The van der Waals surface area contributed by atoms with Gasteiger partial charge in [0, 0.05) is 31.3 Å². The number of hydrogen-bond acceptors (Lipinski definition) is 8. The third-order valence-corrected chi connectivity index (χ3v) is 6.13.